The second-order valence-electron chi connectivity index (χ2n) is 5.50. The summed E-state index contributed by atoms with van der Waals surface area (Å²) in [5.41, 5.74) is 1.26. The second kappa shape index (κ2) is 5.77. The maximum atomic E-state index is 5.47. The van der Waals surface area contributed by atoms with Crippen molar-refractivity contribution in [1.82, 2.24) is 10.3 Å². The van der Waals surface area contributed by atoms with Crippen molar-refractivity contribution in [2.24, 2.45) is 0 Å². The van der Waals surface area contributed by atoms with Gasteiger partial charge in [-0.2, -0.15) is 0 Å². The van der Waals surface area contributed by atoms with Crippen molar-refractivity contribution in [2.45, 2.75) is 51.2 Å². The molecule has 2 aliphatic rings. The molecule has 3 rings (SSSR count). The van der Waals surface area contributed by atoms with Crippen molar-refractivity contribution in [1.29, 1.82) is 0 Å². The molecule has 1 saturated carbocycles. The highest BCUT2D eigenvalue weighted by Gasteiger charge is 2.25. The third-order valence-electron chi connectivity index (χ3n) is 3.99. The van der Waals surface area contributed by atoms with Crippen LogP contribution in [0.25, 0.3) is 0 Å². The predicted octanol–water partition coefficient (Wildman–Crippen LogP) is 2.18. The Labute approximate surface area is 119 Å². The lowest BCUT2D eigenvalue weighted by atomic mass is 10.2. The van der Waals surface area contributed by atoms with E-state index in [9.17, 15) is 0 Å². The number of anilines is 1. The first-order valence-corrected chi connectivity index (χ1v) is 8.12. The fraction of sp³-hybridized carbons (Fsp3) is 0.786. The van der Waals surface area contributed by atoms with E-state index in [1.807, 2.05) is 11.3 Å². The maximum Gasteiger partial charge on any atom is 0.185 e. The summed E-state index contributed by atoms with van der Waals surface area (Å²) < 4.78 is 5.47. The zero-order valence-corrected chi connectivity index (χ0v) is 12.6. The molecular weight excluding hydrogens is 258 g/mol. The number of nitrogens with one attached hydrogen (secondary N) is 1. The van der Waals surface area contributed by atoms with Crippen LogP contribution in [0.15, 0.2) is 0 Å². The molecule has 0 radical (unpaired) electrons. The highest BCUT2D eigenvalue weighted by Crippen LogP contribution is 2.30. The standard InChI is InChI=1S/C14H23N3OS/c1-3-12-13(8-15-10-4-5-10)19-14(16-12)17(2)11-6-7-18-9-11/h10-11,15H,3-9H2,1-2H3. The van der Waals surface area contributed by atoms with Crippen molar-refractivity contribution < 1.29 is 4.74 Å². The van der Waals surface area contributed by atoms with Crippen LogP contribution in [0, 0.1) is 0 Å². The van der Waals surface area contributed by atoms with Gasteiger partial charge in [0.2, 0.25) is 0 Å². The largest absolute Gasteiger partial charge is 0.379 e. The van der Waals surface area contributed by atoms with Crippen LogP contribution in [-0.2, 0) is 17.7 Å². The number of rotatable bonds is 6. The lowest BCUT2D eigenvalue weighted by Gasteiger charge is -2.21. The molecule has 0 amide bonds. The van der Waals surface area contributed by atoms with Gasteiger partial charge in [-0.05, 0) is 25.7 Å². The SMILES string of the molecule is CCc1nc(N(C)C2CCOC2)sc1CNC1CC1. The second-order valence-corrected chi connectivity index (χ2v) is 6.57. The Bertz CT molecular complexity index is 424. The molecule has 1 atom stereocenters. The van der Waals surface area contributed by atoms with Crippen molar-refractivity contribution >= 4 is 16.5 Å². The van der Waals surface area contributed by atoms with E-state index in [-0.39, 0.29) is 0 Å². The lowest BCUT2D eigenvalue weighted by Crippen LogP contribution is -2.31. The van der Waals surface area contributed by atoms with Gasteiger partial charge in [0.05, 0.1) is 18.3 Å². The Morgan fingerprint density at radius 1 is 1.42 bits per heavy atom. The topological polar surface area (TPSA) is 37.4 Å². The quantitative estimate of drug-likeness (QED) is 0.867. The Kier molecular flexibility index (Phi) is 4.05. The molecule has 1 aromatic heterocycles. The number of likely N-dealkylation sites (N-methyl/N-ethyl adjacent to an activating group) is 1. The lowest BCUT2D eigenvalue weighted by molar-refractivity contribution is 0.193. The highest BCUT2D eigenvalue weighted by atomic mass is 32.1. The molecule has 1 aromatic rings. The molecule has 0 spiro atoms. The summed E-state index contributed by atoms with van der Waals surface area (Å²) >= 11 is 1.85. The molecule has 1 aliphatic carbocycles. The summed E-state index contributed by atoms with van der Waals surface area (Å²) in [6.45, 7) is 4.91. The summed E-state index contributed by atoms with van der Waals surface area (Å²) in [6, 6.07) is 1.26. The summed E-state index contributed by atoms with van der Waals surface area (Å²) in [5, 5.41) is 4.75. The van der Waals surface area contributed by atoms with Crippen molar-refractivity contribution in [3.63, 3.8) is 0 Å². The van der Waals surface area contributed by atoms with E-state index >= 15 is 0 Å². The zero-order chi connectivity index (χ0) is 13.2. The number of hydrogen-bond acceptors (Lipinski definition) is 5. The van der Waals surface area contributed by atoms with Gasteiger partial charge >= 0.3 is 0 Å². The minimum absolute atomic E-state index is 0.500. The smallest absolute Gasteiger partial charge is 0.185 e. The average Bonchev–Trinajstić information content (AvgIpc) is 2.96. The number of aryl methyl sites for hydroxylation is 1. The minimum Gasteiger partial charge on any atom is -0.379 e. The van der Waals surface area contributed by atoms with Crippen molar-refractivity contribution in [2.75, 3.05) is 25.2 Å². The molecule has 1 N–H and O–H groups in total. The predicted molar refractivity (Wildman–Crippen MR) is 79.0 cm³/mol. The summed E-state index contributed by atoms with van der Waals surface area (Å²) in [6.07, 6.45) is 4.82. The molecule has 1 unspecified atom stereocenters. The monoisotopic (exact) mass is 281 g/mol. The molecule has 19 heavy (non-hydrogen) atoms. The van der Waals surface area contributed by atoms with Crippen LogP contribution in [0.5, 0.6) is 0 Å². The first-order valence-electron chi connectivity index (χ1n) is 7.30. The minimum atomic E-state index is 0.500. The Morgan fingerprint density at radius 2 is 2.26 bits per heavy atom. The fourth-order valence-electron chi connectivity index (χ4n) is 2.44. The van der Waals surface area contributed by atoms with Gasteiger partial charge in [0.25, 0.3) is 0 Å². The number of thiazole rings is 1. The van der Waals surface area contributed by atoms with Crippen LogP contribution in [0.1, 0.15) is 36.8 Å². The highest BCUT2D eigenvalue weighted by molar-refractivity contribution is 7.15. The van der Waals surface area contributed by atoms with Gasteiger partial charge in [-0.25, -0.2) is 4.98 Å². The van der Waals surface area contributed by atoms with Gasteiger partial charge in [-0.1, -0.05) is 6.92 Å². The van der Waals surface area contributed by atoms with Crippen molar-refractivity contribution in [3.05, 3.63) is 10.6 Å². The summed E-state index contributed by atoms with van der Waals surface area (Å²) in [5.74, 6) is 0. The third kappa shape index (κ3) is 3.09. The first kappa shape index (κ1) is 13.3. The maximum absolute atomic E-state index is 5.47. The summed E-state index contributed by atoms with van der Waals surface area (Å²) in [4.78, 5) is 8.54. The van der Waals surface area contributed by atoms with Gasteiger partial charge in [0.15, 0.2) is 5.13 Å². The van der Waals surface area contributed by atoms with E-state index in [2.05, 4.69) is 24.2 Å². The van der Waals surface area contributed by atoms with Gasteiger partial charge in [-0.3, -0.25) is 0 Å². The van der Waals surface area contributed by atoms with Gasteiger partial charge in [0, 0.05) is 31.1 Å². The van der Waals surface area contributed by atoms with Crippen LogP contribution >= 0.6 is 11.3 Å². The van der Waals surface area contributed by atoms with Gasteiger partial charge in [-0.15, -0.1) is 11.3 Å². The molecule has 2 fully saturated rings. The van der Waals surface area contributed by atoms with E-state index < -0.39 is 0 Å². The summed E-state index contributed by atoms with van der Waals surface area (Å²) in [7, 11) is 2.15. The number of hydrogen-bond donors (Lipinski definition) is 1. The molecule has 1 aliphatic heterocycles. The van der Waals surface area contributed by atoms with Crippen molar-refractivity contribution in [3.8, 4) is 0 Å². The van der Waals surface area contributed by atoms with Gasteiger partial charge in [0.1, 0.15) is 0 Å². The molecule has 106 valence electrons. The van der Waals surface area contributed by atoms with Crippen LogP contribution in [-0.4, -0.2) is 37.3 Å². The van der Waals surface area contributed by atoms with E-state index in [0.717, 1.165) is 43.8 Å². The molecule has 5 heteroatoms. The zero-order valence-electron chi connectivity index (χ0n) is 11.8. The van der Waals surface area contributed by atoms with E-state index in [4.69, 9.17) is 9.72 Å². The Hall–Kier alpha value is -0.650. The van der Waals surface area contributed by atoms with Crippen LogP contribution in [0.2, 0.25) is 0 Å². The molecule has 0 aromatic carbocycles. The van der Waals surface area contributed by atoms with Crippen LogP contribution < -0.4 is 10.2 Å². The molecule has 1 saturated heterocycles. The van der Waals surface area contributed by atoms with Gasteiger partial charge < -0.3 is 15.0 Å². The fourth-order valence-corrected chi connectivity index (χ4v) is 3.58. The average molecular weight is 281 g/mol. The Balaban J connectivity index is 1.69. The van der Waals surface area contributed by atoms with E-state index in [1.165, 1.54) is 23.4 Å². The molecule has 0 bridgehead atoms. The molecule has 4 nitrogen and oxygen atoms in total. The first-order chi connectivity index (χ1) is 9.28. The Morgan fingerprint density at radius 3 is 2.89 bits per heavy atom. The van der Waals surface area contributed by atoms with Crippen LogP contribution in [0.3, 0.4) is 0 Å². The van der Waals surface area contributed by atoms with E-state index in [0.29, 0.717) is 6.04 Å². The van der Waals surface area contributed by atoms with E-state index in [1.54, 1.807) is 0 Å². The van der Waals surface area contributed by atoms with Crippen LogP contribution in [0.4, 0.5) is 5.13 Å². The third-order valence-corrected chi connectivity index (χ3v) is 5.17. The molecular formula is C14H23N3OS. The normalized spacial score (nSPS) is 22.9. The number of nitrogens with zero attached hydrogens (tertiary/aromatic N) is 2. The molecule has 2 heterocycles. The number of aromatic nitrogens is 1. The number of ether oxygens (including phenoxy) is 1.